The molecule has 0 atom stereocenters. The Bertz CT molecular complexity index is 935. The molecule has 120 valence electrons. The molecule has 1 aromatic heterocycles. The number of hydrogen-bond acceptors (Lipinski definition) is 0. The smallest absolute Gasteiger partial charge is 0.201 e. The lowest BCUT2D eigenvalue weighted by atomic mass is 9.92. The number of pyridine rings is 1. The van der Waals surface area contributed by atoms with Crippen LogP contribution in [0.1, 0.15) is 42.0 Å². The lowest BCUT2D eigenvalue weighted by Gasteiger charge is -2.13. The molecule has 0 aliphatic heterocycles. The zero-order chi connectivity index (χ0) is 16.8. The number of aromatic nitrogens is 1. The van der Waals surface area contributed by atoms with Crippen LogP contribution in [0.3, 0.4) is 0 Å². The number of nitrogens with zero attached hydrogens (tertiary/aromatic N) is 1. The predicted molar refractivity (Wildman–Crippen MR) is 100 cm³/mol. The molecule has 3 aromatic rings. The van der Waals surface area contributed by atoms with E-state index in [1.165, 1.54) is 44.6 Å². The molecule has 0 saturated heterocycles. The molecule has 24 heavy (non-hydrogen) atoms. The molecule has 1 aliphatic rings. The van der Waals surface area contributed by atoms with Gasteiger partial charge in [-0.2, -0.15) is 0 Å². The number of hydrogen-bond donors (Lipinski definition) is 0. The zero-order valence-electron chi connectivity index (χ0n) is 14.9. The van der Waals surface area contributed by atoms with Gasteiger partial charge in [0, 0.05) is 12.1 Å². The van der Waals surface area contributed by atoms with Crippen LogP contribution in [0.15, 0.2) is 54.7 Å². The number of fused-ring (bicyclic) bond motifs is 3. The Morgan fingerprint density at radius 2 is 1.75 bits per heavy atom. The third-order valence-electron chi connectivity index (χ3n) is 5.29. The summed E-state index contributed by atoms with van der Waals surface area (Å²) in [5, 5.41) is 0. The summed E-state index contributed by atoms with van der Waals surface area (Å²) in [7, 11) is 2.15. The molecule has 1 heterocycles. The van der Waals surface area contributed by atoms with Crippen molar-refractivity contribution in [2.75, 3.05) is 0 Å². The first-order valence-electron chi connectivity index (χ1n) is 8.77. The number of benzene rings is 2. The molecule has 1 aliphatic carbocycles. The highest BCUT2D eigenvalue weighted by Crippen LogP contribution is 2.42. The second-order valence-electron chi connectivity index (χ2n) is 7.23. The lowest BCUT2D eigenvalue weighted by molar-refractivity contribution is -0.660. The summed E-state index contributed by atoms with van der Waals surface area (Å²) in [5.41, 5.74) is 11.2. The fourth-order valence-corrected chi connectivity index (χ4v) is 3.88. The van der Waals surface area contributed by atoms with Gasteiger partial charge in [0.1, 0.15) is 7.05 Å². The number of rotatable bonds is 2. The number of aryl methyl sites for hydroxylation is 2. The van der Waals surface area contributed by atoms with Crippen LogP contribution in [0.4, 0.5) is 0 Å². The van der Waals surface area contributed by atoms with Crippen molar-refractivity contribution in [3.63, 3.8) is 0 Å². The largest absolute Gasteiger partial charge is 0.213 e. The quantitative estimate of drug-likeness (QED) is 0.449. The molecule has 4 rings (SSSR count). The average Bonchev–Trinajstić information content (AvgIpc) is 2.94. The predicted octanol–water partition coefficient (Wildman–Crippen LogP) is 5.18. The van der Waals surface area contributed by atoms with Crippen molar-refractivity contribution < 1.29 is 4.57 Å². The fraction of sp³-hybridized carbons (Fsp3) is 0.261. The van der Waals surface area contributed by atoms with Crippen LogP contribution in [-0.2, 0) is 13.5 Å². The van der Waals surface area contributed by atoms with Crippen molar-refractivity contribution in [1.82, 2.24) is 0 Å². The maximum Gasteiger partial charge on any atom is 0.213 e. The molecule has 0 fully saturated rings. The van der Waals surface area contributed by atoms with Gasteiger partial charge >= 0.3 is 0 Å². The van der Waals surface area contributed by atoms with E-state index in [9.17, 15) is 0 Å². The average molecular weight is 314 g/mol. The van der Waals surface area contributed by atoms with E-state index < -0.39 is 0 Å². The molecule has 0 saturated carbocycles. The molecule has 0 bridgehead atoms. The van der Waals surface area contributed by atoms with Crippen molar-refractivity contribution in [3.8, 4) is 22.4 Å². The van der Waals surface area contributed by atoms with Crippen LogP contribution < -0.4 is 4.57 Å². The maximum atomic E-state index is 2.37. The van der Waals surface area contributed by atoms with Crippen LogP contribution in [0.25, 0.3) is 22.4 Å². The van der Waals surface area contributed by atoms with Gasteiger partial charge in [0.05, 0.1) is 5.56 Å². The van der Waals surface area contributed by atoms with Crippen LogP contribution in [-0.4, -0.2) is 0 Å². The first kappa shape index (κ1) is 15.1. The highest BCUT2D eigenvalue weighted by atomic mass is 14.9. The van der Waals surface area contributed by atoms with E-state index in [0.717, 1.165) is 6.42 Å². The molecule has 1 heteroatoms. The van der Waals surface area contributed by atoms with E-state index in [2.05, 4.69) is 87.1 Å². The maximum absolute atomic E-state index is 2.37. The molecule has 2 aromatic carbocycles. The van der Waals surface area contributed by atoms with Gasteiger partial charge in [-0.3, -0.25) is 0 Å². The van der Waals surface area contributed by atoms with Gasteiger partial charge in [-0.15, -0.1) is 0 Å². The third-order valence-corrected chi connectivity index (χ3v) is 5.29. The zero-order valence-corrected chi connectivity index (χ0v) is 14.9. The van der Waals surface area contributed by atoms with Crippen molar-refractivity contribution in [3.05, 3.63) is 77.0 Å². The highest BCUT2D eigenvalue weighted by Gasteiger charge is 2.26. The van der Waals surface area contributed by atoms with E-state index in [0.29, 0.717) is 5.92 Å². The normalized spacial score (nSPS) is 12.4. The molecule has 0 amide bonds. The summed E-state index contributed by atoms with van der Waals surface area (Å²) in [6, 6.07) is 18.0. The molecular formula is C23H24N+. The van der Waals surface area contributed by atoms with Gasteiger partial charge in [-0.05, 0) is 52.6 Å². The monoisotopic (exact) mass is 314 g/mol. The van der Waals surface area contributed by atoms with Crippen molar-refractivity contribution >= 4 is 0 Å². The van der Waals surface area contributed by atoms with Crippen LogP contribution >= 0.6 is 0 Å². The Kier molecular flexibility index (Phi) is 3.53. The Balaban J connectivity index is 1.97. The summed E-state index contributed by atoms with van der Waals surface area (Å²) in [5.74, 6) is 0.541. The van der Waals surface area contributed by atoms with E-state index in [1.807, 2.05) is 0 Å². The van der Waals surface area contributed by atoms with Gasteiger partial charge in [0.25, 0.3) is 0 Å². The first-order valence-corrected chi connectivity index (χ1v) is 8.77. The Labute approximate surface area is 144 Å². The van der Waals surface area contributed by atoms with E-state index >= 15 is 0 Å². The molecular weight excluding hydrogens is 290 g/mol. The standard InChI is InChI=1S/C23H24N/c1-15(2)17-11-12-24(4)22(14-17)23-16(3)9-10-20-19-8-6-5-7-18(19)13-21(20)23/h5-12,14-15H,13H2,1-4H3/q+1. The summed E-state index contributed by atoms with van der Waals surface area (Å²) in [6.07, 6.45) is 3.24. The Morgan fingerprint density at radius 1 is 0.958 bits per heavy atom. The van der Waals surface area contributed by atoms with Crippen molar-refractivity contribution in [2.45, 2.75) is 33.1 Å². The van der Waals surface area contributed by atoms with Crippen molar-refractivity contribution in [2.24, 2.45) is 7.05 Å². The molecule has 0 spiro atoms. The first-order chi connectivity index (χ1) is 11.6. The third kappa shape index (κ3) is 2.27. The molecule has 0 radical (unpaired) electrons. The van der Waals surface area contributed by atoms with Gasteiger partial charge in [0.2, 0.25) is 5.69 Å². The summed E-state index contributed by atoms with van der Waals surface area (Å²) in [4.78, 5) is 0. The van der Waals surface area contributed by atoms with Crippen molar-refractivity contribution in [1.29, 1.82) is 0 Å². The van der Waals surface area contributed by atoms with Gasteiger partial charge in [-0.25, -0.2) is 4.57 Å². The fourth-order valence-electron chi connectivity index (χ4n) is 3.88. The summed E-state index contributed by atoms with van der Waals surface area (Å²) >= 11 is 0. The van der Waals surface area contributed by atoms with Gasteiger partial charge < -0.3 is 0 Å². The minimum absolute atomic E-state index is 0.541. The summed E-state index contributed by atoms with van der Waals surface area (Å²) < 4.78 is 2.26. The van der Waals surface area contributed by atoms with E-state index in [4.69, 9.17) is 0 Å². The molecule has 0 N–H and O–H groups in total. The molecule has 0 unspecified atom stereocenters. The van der Waals surface area contributed by atoms with Gasteiger partial charge in [0.15, 0.2) is 6.20 Å². The van der Waals surface area contributed by atoms with Crippen LogP contribution in [0.2, 0.25) is 0 Å². The summed E-state index contributed by atoms with van der Waals surface area (Å²) in [6.45, 7) is 6.76. The van der Waals surface area contributed by atoms with Crippen LogP contribution in [0, 0.1) is 6.92 Å². The second kappa shape index (κ2) is 5.59. The minimum Gasteiger partial charge on any atom is -0.201 e. The second-order valence-corrected chi connectivity index (χ2v) is 7.23. The van der Waals surface area contributed by atoms with Crippen LogP contribution in [0.5, 0.6) is 0 Å². The topological polar surface area (TPSA) is 3.88 Å². The minimum atomic E-state index is 0.541. The Hall–Kier alpha value is -2.41. The SMILES string of the molecule is Cc1ccc2c(c1-c1cc(C(C)C)cc[n+]1C)Cc1ccccc1-2. The van der Waals surface area contributed by atoms with E-state index in [1.54, 1.807) is 0 Å². The van der Waals surface area contributed by atoms with Gasteiger partial charge in [-0.1, -0.05) is 50.2 Å². The Morgan fingerprint density at radius 3 is 2.54 bits per heavy atom. The lowest BCUT2D eigenvalue weighted by Crippen LogP contribution is -2.31. The highest BCUT2D eigenvalue weighted by molar-refractivity contribution is 5.84. The molecule has 1 nitrogen and oxygen atoms in total. The van der Waals surface area contributed by atoms with E-state index in [-0.39, 0.29) is 0 Å².